The van der Waals surface area contributed by atoms with Crippen molar-refractivity contribution in [2.75, 3.05) is 4.90 Å². The summed E-state index contributed by atoms with van der Waals surface area (Å²) in [6.07, 6.45) is 0. The van der Waals surface area contributed by atoms with Crippen LogP contribution < -0.4 is 4.90 Å². The maximum atomic E-state index is 2.51. The first kappa shape index (κ1) is 33.1. The Kier molecular flexibility index (Phi) is 7.18. The van der Waals surface area contributed by atoms with E-state index in [0.29, 0.717) is 0 Å². The Bertz CT molecular complexity index is 3050. The molecule has 9 aromatic rings. The number of anilines is 3. The van der Waals surface area contributed by atoms with Crippen LogP contribution in [0.15, 0.2) is 176 Å². The van der Waals surface area contributed by atoms with Gasteiger partial charge < -0.3 is 4.90 Å². The molecule has 0 bridgehead atoms. The molecular weight excluding hydrogens is 695 g/mol. The van der Waals surface area contributed by atoms with Gasteiger partial charge in [-0.1, -0.05) is 155 Å². The topological polar surface area (TPSA) is 3.24 Å². The number of hydrogen-bond donors (Lipinski definition) is 0. The molecule has 0 saturated carbocycles. The van der Waals surface area contributed by atoms with Crippen molar-refractivity contribution in [3.8, 4) is 44.5 Å². The highest BCUT2D eigenvalue weighted by molar-refractivity contribution is 7.25. The largest absolute Gasteiger partial charge is 0.310 e. The van der Waals surface area contributed by atoms with Crippen LogP contribution in [-0.4, -0.2) is 0 Å². The minimum absolute atomic E-state index is 0.110. The summed E-state index contributed by atoms with van der Waals surface area (Å²) in [5.41, 5.74) is 19.0. The van der Waals surface area contributed by atoms with E-state index in [1.54, 1.807) is 0 Å². The lowest BCUT2D eigenvalue weighted by Gasteiger charge is -2.30. The van der Waals surface area contributed by atoms with Gasteiger partial charge in [-0.3, -0.25) is 0 Å². The van der Waals surface area contributed by atoms with Crippen molar-refractivity contribution in [2.24, 2.45) is 0 Å². The normalized spacial score (nSPS) is 14.4. The quantitative estimate of drug-likeness (QED) is 0.170. The highest BCUT2D eigenvalue weighted by Gasteiger charge is 2.39. The number of thiophene rings is 1. The second kappa shape index (κ2) is 12.1. The van der Waals surface area contributed by atoms with Crippen molar-refractivity contribution in [3.63, 3.8) is 0 Å². The molecule has 56 heavy (non-hydrogen) atoms. The number of benzene rings is 8. The first-order chi connectivity index (χ1) is 27.3. The van der Waals surface area contributed by atoms with E-state index < -0.39 is 0 Å². The standard InChI is InChI=1S/C54H41NS/c1-53(2)46-25-9-6-21-43(46)51-47(53)26-14-27-48(51)55(37-17-11-15-34(31-37)35-29-30-50-44(33-35)41-20-7-10-28-49(41)56-50)38-18-12-16-36(32-38)39-22-13-23-42-40-19-5-8-24-45(40)54(3,4)52(39)42/h5-33H,1-4H3. The van der Waals surface area contributed by atoms with Gasteiger partial charge in [0.05, 0.1) is 5.69 Å². The summed E-state index contributed by atoms with van der Waals surface area (Å²) in [6.45, 7) is 9.50. The van der Waals surface area contributed by atoms with Gasteiger partial charge >= 0.3 is 0 Å². The maximum absolute atomic E-state index is 2.51. The zero-order valence-corrected chi connectivity index (χ0v) is 32.9. The van der Waals surface area contributed by atoms with E-state index in [1.165, 1.54) is 92.6 Å². The molecule has 2 heteroatoms. The molecule has 0 radical (unpaired) electrons. The van der Waals surface area contributed by atoms with E-state index in [2.05, 4.69) is 209 Å². The molecule has 0 spiro atoms. The third-order valence-corrected chi connectivity index (χ3v) is 13.8. The van der Waals surface area contributed by atoms with Gasteiger partial charge in [-0.15, -0.1) is 11.3 Å². The Balaban J connectivity index is 1.12. The van der Waals surface area contributed by atoms with Crippen molar-refractivity contribution >= 4 is 48.6 Å². The molecule has 1 nitrogen and oxygen atoms in total. The predicted molar refractivity (Wildman–Crippen MR) is 240 cm³/mol. The fourth-order valence-corrected chi connectivity index (χ4v) is 11.1. The van der Waals surface area contributed by atoms with Crippen LogP contribution >= 0.6 is 11.3 Å². The van der Waals surface area contributed by atoms with Crippen LogP contribution in [0.3, 0.4) is 0 Å². The van der Waals surface area contributed by atoms with E-state index in [0.717, 1.165) is 11.4 Å². The van der Waals surface area contributed by atoms with Crippen LogP contribution in [0.4, 0.5) is 17.1 Å². The van der Waals surface area contributed by atoms with Gasteiger partial charge in [-0.25, -0.2) is 0 Å². The second-order valence-corrected chi connectivity index (χ2v) is 17.6. The van der Waals surface area contributed by atoms with Crippen molar-refractivity contribution in [1.82, 2.24) is 0 Å². The molecule has 0 aliphatic heterocycles. The molecule has 0 fully saturated rings. The van der Waals surface area contributed by atoms with Crippen LogP contribution in [0.5, 0.6) is 0 Å². The second-order valence-electron chi connectivity index (χ2n) is 16.5. The minimum atomic E-state index is -0.114. The van der Waals surface area contributed by atoms with E-state index in [4.69, 9.17) is 0 Å². The lowest BCUT2D eigenvalue weighted by molar-refractivity contribution is 0.660. The summed E-state index contributed by atoms with van der Waals surface area (Å²) in [5.74, 6) is 0. The number of nitrogens with zero attached hydrogens (tertiary/aromatic N) is 1. The third-order valence-electron chi connectivity index (χ3n) is 12.6. The molecule has 0 amide bonds. The van der Waals surface area contributed by atoms with Crippen molar-refractivity contribution < 1.29 is 0 Å². The van der Waals surface area contributed by atoms with Gasteiger partial charge in [0.25, 0.3) is 0 Å². The van der Waals surface area contributed by atoms with E-state index >= 15 is 0 Å². The highest BCUT2D eigenvalue weighted by atomic mass is 32.1. The Morgan fingerprint density at radius 1 is 0.393 bits per heavy atom. The summed E-state index contributed by atoms with van der Waals surface area (Å²) in [4.78, 5) is 2.51. The first-order valence-electron chi connectivity index (χ1n) is 19.7. The van der Waals surface area contributed by atoms with Crippen molar-refractivity contribution in [1.29, 1.82) is 0 Å². The number of hydrogen-bond acceptors (Lipinski definition) is 2. The SMILES string of the molecule is CC1(C)c2ccccc2-c2c(N(c3cccc(-c4ccc5sc6ccccc6c5c4)c3)c3cccc(-c4cccc5c4C(C)(C)c4ccccc4-5)c3)cccc21. The lowest BCUT2D eigenvalue weighted by atomic mass is 9.79. The molecule has 1 aromatic heterocycles. The van der Waals surface area contributed by atoms with Crippen LogP contribution in [0.1, 0.15) is 49.9 Å². The summed E-state index contributed by atoms with van der Waals surface area (Å²) in [6, 6.07) is 65.8. The van der Waals surface area contributed by atoms with E-state index in [1.807, 2.05) is 11.3 Å². The lowest BCUT2D eigenvalue weighted by Crippen LogP contribution is -2.16. The van der Waals surface area contributed by atoms with Crippen LogP contribution in [0.2, 0.25) is 0 Å². The van der Waals surface area contributed by atoms with Gasteiger partial charge in [0.15, 0.2) is 0 Å². The smallest absolute Gasteiger partial charge is 0.0543 e. The molecule has 0 atom stereocenters. The molecule has 0 saturated heterocycles. The van der Waals surface area contributed by atoms with Gasteiger partial charge in [0, 0.05) is 47.9 Å². The highest BCUT2D eigenvalue weighted by Crippen LogP contribution is 2.55. The average Bonchev–Trinajstić information content (AvgIpc) is 3.81. The Morgan fingerprint density at radius 2 is 0.964 bits per heavy atom. The van der Waals surface area contributed by atoms with Crippen molar-refractivity contribution in [2.45, 2.75) is 38.5 Å². The summed E-state index contributed by atoms with van der Waals surface area (Å²) in [7, 11) is 0. The number of fused-ring (bicyclic) bond motifs is 9. The predicted octanol–water partition coefficient (Wildman–Crippen LogP) is 15.5. The summed E-state index contributed by atoms with van der Waals surface area (Å²) >= 11 is 1.87. The minimum Gasteiger partial charge on any atom is -0.310 e. The maximum Gasteiger partial charge on any atom is 0.0543 e. The van der Waals surface area contributed by atoms with Crippen LogP contribution in [0.25, 0.3) is 64.7 Å². The van der Waals surface area contributed by atoms with E-state index in [-0.39, 0.29) is 10.8 Å². The Morgan fingerprint density at radius 3 is 1.79 bits per heavy atom. The first-order valence-corrected chi connectivity index (χ1v) is 20.5. The molecular formula is C54H41NS. The van der Waals surface area contributed by atoms with Crippen LogP contribution in [0, 0.1) is 0 Å². The molecule has 0 N–H and O–H groups in total. The van der Waals surface area contributed by atoms with Gasteiger partial charge in [-0.05, 0) is 110 Å². The van der Waals surface area contributed by atoms with E-state index in [9.17, 15) is 0 Å². The third kappa shape index (κ3) is 4.79. The Hall–Kier alpha value is -6.22. The zero-order chi connectivity index (χ0) is 37.8. The fraction of sp³-hybridized carbons (Fsp3) is 0.111. The fourth-order valence-electron chi connectivity index (χ4n) is 9.98. The molecule has 2 aliphatic carbocycles. The van der Waals surface area contributed by atoms with Crippen molar-refractivity contribution in [3.05, 3.63) is 198 Å². The average molecular weight is 736 g/mol. The molecule has 2 aliphatic rings. The van der Waals surface area contributed by atoms with Gasteiger partial charge in [0.2, 0.25) is 0 Å². The molecule has 0 unspecified atom stereocenters. The summed E-state index contributed by atoms with van der Waals surface area (Å²) < 4.78 is 2.65. The molecule has 11 rings (SSSR count). The molecule has 8 aromatic carbocycles. The van der Waals surface area contributed by atoms with Crippen LogP contribution in [-0.2, 0) is 10.8 Å². The Labute approximate surface area is 333 Å². The number of rotatable bonds is 5. The monoisotopic (exact) mass is 735 g/mol. The molecule has 1 heterocycles. The zero-order valence-electron chi connectivity index (χ0n) is 32.1. The van der Waals surface area contributed by atoms with Gasteiger partial charge in [-0.2, -0.15) is 0 Å². The van der Waals surface area contributed by atoms with Gasteiger partial charge in [0.1, 0.15) is 0 Å². The molecule has 268 valence electrons. The summed E-state index contributed by atoms with van der Waals surface area (Å²) in [5, 5.41) is 2.64.